The summed E-state index contributed by atoms with van der Waals surface area (Å²) >= 11 is 0. The molecule has 2 aromatic heterocycles. The smallest absolute Gasteiger partial charge is 0.301 e. The molecule has 0 atom stereocenters. The Morgan fingerprint density at radius 1 is 1.18 bits per heavy atom. The van der Waals surface area contributed by atoms with Gasteiger partial charge in [-0.05, 0) is 18.2 Å². The van der Waals surface area contributed by atoms with Crippen molar-refractivity contribution in [1.82, 2.24) is 14.6 Å². The second-order valence-electron chi connectivity index (χ2n) is 4.30. The molecule has 3 rings (SSSR count). The van der Waals surface area contributed by atoms with Crippen molar-refractivity contribution in [3.8, 4) is 0 Å². The number of anilines is 1. The van der Waals surface area contributed by atoms with Gasteiger partial charge in [0.2, 0.25) is 0 Å². The van der Waals surface area contributed by atoms with Crippen LogP contribution in [0.3, 0.4) is 0 Å². The maximum absolute atomic E-state index is 12.0. The molecule has 22 heavy (non-hydrogen) atoms. The number of nitro benzene ring substituents is 1. The molecule has 0 unspecified atom stereocenters. The molecule has 0 fully saturated rings. The fraction of sp³-hybridized carbons (Fsp3) is 0. The number of para-hydroxylation sites is 2. The third kappa shape index (κ3) is 2.54. The molecule has 9 heteroatoms. The number of carbonyl (C=O) groups is 1. The molecule has 2 amide bonds. The topological polar surface area (TPSA) is 115 Å². The summed E-state index contributed by atoms with van der Waals surface area (Å²) in [5.74, 6) is 0. The van der Waals surface area contributed by atoms with Crippen LogP contribution in [0.2, 0.25) is 0 Å². The van der Waals surface area contributed by atoms with E-state index in [-0.39, 0.29) is 11.4 Å². The Morgan fingerprint density at radius 3 is 2.82 bits per heavy atom. The van der Waals surface area contributed by atoms with Crippen LogP contribution in [-0.4, -0.2) is 25.6 Å². The Balaban J connectivity index is 1.80. The number of benzene rings is 1. The number of imidazole rings is 1. The zero-order valence-corrected chi connectivity index (χ0v) is 11.1. The first-order valence-electron chi connectivity index (χ1n) is 6.24. The molecule has 0 radical (unpaired) electrons. The minimum absolute atomic E-state index is 0.0994. The van der Waals surface area contributed by atoms with E-state index in [1.54, 1.807) is 24.4 Å². The highest BCUT2D eigenvalue weighted by atomic mass is 16.6. The average Bonchev–Trinajstić information content (AvgIpc) is 2.91. The fourth-order valence-electron chi connectivity index (χ4n) is 1.93. The largest absolute Gasteiger partial charge is 0.338 e. The summed E-state index contributed by atoms with van der Waals surface area (Å²) in [5.41, 5.74) is 3.50. The van der Waals surface area contributed by atoms with Gasteiger partial charge in [0, 0.05) is 12.3 Å². The maximum Gasteiger partial charge on any atom is 0.338 e. The lowest BCUT2D eigenvalue weighted by atomic mass is 10.3. The second kappa shape index (κ2) is 5.48. The number of hydrogen-bond acceptors (Lipinski definition) is 5. The van der Waals surface area contributed by atoms with Gasteiger partial charge in [-0.2, -0.15) is 0 Å². The summed E-state index contributed by atoms with van der Waals surface area (Å²) < 4.78 is 1.33. The zero-order valence-electron chi connectivity index (χ0n) is 11.1. The van der Waals surface area contributed by atoms with Crippen molar-refractivity contribution in [2.24, 2.45) is 0 Å². The number of nitro groups is 1. The predicted octanol–water partition coefficient (Wildman–Crippen LogP) is 2.12. The molecule has 0 saturated heterocycles. The first-order chi connectivity index (χ1) is 10.6. The van der Waals surface area contributed by atoms with Crippen LogP contribution in [-0.2, 0) is 0 Å². The van der Waals surface area contributed by atoms with Crippen molar-refractivity contribution in [2.45, 2.75) is 0 Å². The molecule has 110 valence electrons. The van der Waals surface area contributed by atoms with Gasteiger partial charge in [0.15, 0.2) is 5.65 Å². The van der Waals surface area contributed by atoms with Crippen LogP contribution in [0.15, 0.2) is 48.9 Å². The molecule has 1 aromatic carbocycles. The van der Waals surface area contributed by atoms with Crippen LogP contribution in [0.4, 0.5) is 16.2 Å². The van der Waals surface area contributed by atoms with Gasteiger partial charge in [-0.3, -0.25) is 10.1 Å². The van der Waals surface area contributed by atoms with Crippen molar-refractivity contribution in [2.75, 3.05) is 10.7 Å². The first kappa shape index (κ1) is 13.5. The van der Waals surface area contributed by atoms with Gasteiger partial charge >= 0.3 is 6.03 Å². The SMILES string of the molecule is O=C(Nc1ccccc1[N+](=O)[O-])Nn1cnc2cccnc21. The molecular weight excluding hydrogens is 288 g/mol. The van der Waals surface area contributed by atoms with E-state index in [1.807, 2.05) is 0 Å². The van der Waals surface area contributed by atoms with E-state index in [9.17, 15) is 14.9 Å². The Bertz CT molecular complexity index is 860. The Labute approximate surface area is 123 Å². The Kier molecular flexibility index (Phi) is 3.36. The van der Waals surface area contributed by atoms with Crippen molar-refractivity contribution < 1.29 is 9.72 Å². The van der Waals surface area contributed by atoms with Gasteiger partial charge in [0.25, 0.3) is 5.69 Å². The minimum atomic E-state index is -0.640. The lowest BCUT2D eigenvalue weighted by Crippen LogP contribution is -2.27. The number of nitrogens with one attached hydrogen (secondary N) is 2. The molecule has 0 bridgehead atoms. The number of urea groups is 1. The molecule has 0 spiro atoms. The predicted molar refractivity (Wildman–Crippen MR) is 79.0 cm³/mol. The number of carbonyl (C=O) groups excluding carboxylic acids is 1. The fourth-order valence-corrected chi connectivity index (χ4v) is 1.93. The number of fused-ring (bicyclic) bond motifs is 1. The summed E-state index contributed by atoms with van der Waals surface area (Å²) in [5, 5.41) is 13.3. The third-order valence-electron chi connectivity index (χ3n) is 2.88. The number of rotatable bonds is 3. The molecule has 9 nitrogen and oxygen atoms in total. The van der Waals surface area contributed by atoms with E-state index in [1.165, 1.54) is 29.2 Å². The van der Waals surface area contributed by atoms with Gasteiger partial charge in [-0.1, -0.05) is 12.1 Å². The van der Waals surface area contributed by atoms with Crippen LogP contribution in [0.25, 0.3) is 11.2 Å². The van der Waals surface area contributed by atoms with Gasteiger partial charge in [0.05, 0.1) is 4.92 Å². The van der Waals surface area contributed by atoms with Crippen LogP contribution in [0.1, 0.15) is 0 Å². The average molecular weight is 298 g/mol. The number of aromatic nitrogens is 3. The molecule has 0 saturated carbocycles. The molecule has 0 aliphatic carbocycles. The van der Waals surface area contributed by atoms with Crippen LogP contribution < -0.4 is 10.7 Å². The number of hydrogen-bond donors (Lipinski definition) is 2. The number of pyridine rings is 1. The van der Waals surface area contributed by atoms with Crippen molar-refractivity contribution in [1.29, 1.82) is 0 Å². The quantitative estimate of drug-likeness (QED) is 0.567. The second-order valence-corrected chi connectivity index (χ2v) is 4.30. The van der Waals surface area contributed by atoms with E-state index in [0.29, 0.717) is 11.2 Å². The minimum Gasteiger partial charge on any atom is -0.301 e. The van der Waals surface area contributed by atoms with E-state index in [2.05, 4.69) is 20.7 Å². The van der Waals surface area contributed by atoms with Gasteiger partial charge in [-0.25, -0.2) is 24.9 Å². The van der Waals surface area contributed by atoms with Gasteiger partial charge in [0.1, 0.15) is 17.5 Å². The summed E-state index contributed by atoms with van der Waals surface area (Å²) in [6.07, 6.45) is 2.97. The number of nitrogens with zero attached hydrogens (tertiary/aromatic N) is 4. The van der Waals surface area contributed by atoms with Crippen LogP contribution in [0, 0.1) is 10.1 Å². The molecule has 0 aliphatic rings. The first-order valence-corrected chi connectivity index (χ1v) is 6.24. The van der Waals surface area contributed by atoms with E-state index in [0.717, 1.165) is 0 Å². The Hall–Kier alpha value is -3.49. The normalized spacial score (nSPS) is 10.4. The molecule has 2 N–H and O–H groups in total. The van der Waals surface area contributed by atoms with E-state index < -0.39 is 11.0 Å². The van der Waals surface area contributed by atoms with Crippen LogP contribution >= 0.6 is 0 Å². The highest BCUT2D eigenvalue weighted by molar-refractivity contribution is 5.97. The summed E-state index contributed by atoms with van der Waals surface area (Å²) in [6.45, 7) is 0. The van der Waals surface area contributed by atoms with Gasteiger partial charge < -0.3 is 5.32 Å². The third-order valence-corrected chi connectivity index (χ3v) is 2.88. The van der Waals surface area contributed by atoms with Crippen molar-refractivity contribution >= 4 is 28.6 Å². The lowest BCUT2D eigenvalue weighted by molar-refractivity contribution is -0.383. The highest BCUT2D eigenvalue weighted by Gasteiger charge is 2.15. The zero-order chi connectivity index (χ0) is 15.5. The molecule has 3 aromatic rings. The van der Waals surface area contributed by atoms with Crippen molar-refractivity contribution in [3.63, 3.8) is 0 Å². The molecular formula is C13H10N6O3. The van der Waals surface area contributed by atoms with Crippen LogP contribution in [0.5, 0.6) is 0 Å². The monoisotopic (exact) mass is 298 g/mol. The van der Waals surface area contributed by atoms with E-state index in [4.69, 9.17) is 0 Å². The number of amides is 2. The molecule has 2 heterocycles. The van der Waals surface area contributed by atoms with E-state index >= 15 is 0 Å². The standard InChI is InChI=1S/C13H10N6O3/c20-13(16-9-4-1-2-6-11(9)19(21)22)17-18-8-15-10-5-3-7-14-12(10)18/h1-8H,(H2,16,17,20). The Morgan fingerprint density at radius 2 is 2.00 bits per heavy atom. The molecule has 0 aliphatic heterocycles. The summed E-state index contributed by atoms with van der Waals surface area (Å²) in [7, 11) is 0. The summed E-state index contributed by atoms with van der Waals surface area (Å²) in [4.78, 5) is 30.5. The van der Waals surface area contributed by atoms with Gasteiger partial charge in [-0.15, -0.1) is 0 Å². The van der Waals surface area contributed by atoms with Crippen molar-refractivity contribution in [3.05, 3.63) is 59.0 Å². The highest BCUT2D eigenvalue weighted by Crippen LogP contribution is 2.22. The summed E-state index contributed by atoms with van der Waals surface area (Å²) in [6, 6.07) is 8.71. The maximum atomic E-state index is 12.0. The lowest BCUT2D eigenvalue weighted by Gasteiger charge is -2.08.